The van der Waals surface area contributed by atoms with E-state index in [1.165, 1.54) is 0 Å². The van der Waals surface area contributed by atoms with Crippen LogP contribution in [0.2, 0.25) is 5.02 Å². The van der Waals surface area contributed by atoms with E-state index in [0.717, 1.165) is 18.8 Å². The second-order valence-electron chi connectivity index (χ2n) is 3.06. The summed E-state index contributed by atoms with van der Waals surface area (Å²) in [5, 5.41) is 5.12. The van der Waals surface area contributed by atoms with Crippen molar-refractivity contribution in [2.45, 2.75) is 6.54 Å². The molecule has 1 heterocycles. The van der Waals surface area contributed by atoms with Crippen LogP contribution in [0.15, 0.2) is 34.9 Å². The first kappa shape index (κ1) is 11.4. The fourth-order valence-electron chi connectivity index (χ4n) is 1.26. The summed E-state index contributed by atoms with van der Waals surface area (Å²) in [6, 6.07) is 7.80. The van der Waals surface area contributed by atoms with E-state index < -0.39 is 0 Å². The SMILES string of the molecule is Clc1ccccc1Cn1cc(Br)c(I)n1. The standard InChI is InChI=1S/C10H7BrClIN2/c11-8-6-15(14-10(8)13)5-7-3-1-2-4-9(7)12/h1-4,6H,5H2. The first-order chi connectivity index (χ1) is 7.16. The average molecular weight is 397 g/mol. The van der Waals surface area contributed by atoms with E-state index in [4.69, 9.17) is 11.6 Å². The molecule has 0 N–H and O–H groups in total. The van der Waals surface area contributed by atoms with Crippen LogP contribution < -0.4 is 0 Å². The molecule has 15 heavy (non-hydrogen) atoms. The van der Waals surface area contributed by atoms with Crippen LogP contribution in [-0.2, 0) is 6.54 Å². The largest absolute Gasteiger partial charge is 0.266 e. The first-order valence-corrected chi connectivity index (χ1v) is 6.53. The van der Waals surface area contributed by atoms with Crippen LogP contribution in [0.25, 0.3) is 0 Å². The molecule has 0 aliphatic carbocycles. The third kappa shape index (κ3) is 2.73. The Morgan fingerprint density at radius 3 is 2.73 bits per heavy atom. The smallest absolute Gasteiger partial charge is 0.137 e. The van der Waals surface area contributed by atoms with Gasteiger partial charge in [0, 0.05) is 11.2 Å². The summed E-state index contributed by atoms with van der Waals surface area (Å²) in [6.07, 6.45) is 1.95. The molecule has 2 nitrogen and oxygen atoms in total. The van der Waals surface area contributed by atoms with Crippen molar-refractivity contribution in [3.8, 4) is 0 Å². The minimum atomic E-state index is 0.696. The van der Waals surface area contributed by atoms with E-state index in [0.29, 0.717) is 6.54 Å². The Hall–Kier alpha value is -0.0700. The Morgan fingerprint density at radius 2 is 2.13 bits per heavy atom. The van der Waals surface area contributed by atoms with Crippen LogP contribution in [0.1, 0.15) is 5.56 Å². The van der Waals surface area contributed by atoms with Crippen LogP contribution in [0.5, 0.6) is 0 Å². The summed E-state index contributed by atoms with van der Waals surface area (Å²) in [5.41, 5.74) is 1.07. The molecular formula is C10H7BrClIN2. The molecule has 1 aromatic carbocycles. The molecule has 1 aromatic heterocycles. The van der Waals surface area contributed by atoms with E-state index in [9.17, 15) is 0 Å². The molecule has 0 fully saturated rings. The van der Waals surface area contributed by atoms with Crippen molar-refractivity contribution in [1.29, 1.82) is 0 Å². The molecule has 0 saturated carbocycles. The van der Waals surface area contributed by atoms with Gasteiger partial charge in [0.25, 0.3) is 0 Å². The Kier molecular flexibility index (Phi) is 3.69. The zero-order valence-electron chi connectivity index (χ0n) is 7.62. The summed E-state index contributed by atoms with van der Waals surface area (Å²) in [7, 11) is 0. The summed E-state index contributed by atoms with van der Waals surface area (Å²) in [4.78, 5) is 0. The Bertz CT molecular complexity index is 465. The molecule has 0 aliphatic heterocycles. The average Bonchev–Trinajstić information content (AvgIpc) is 2.50. The van der Waals surface area contributed by atoms with Crippen LogP contribution >= 0.6 is 50.1 Å². The number of hydrogen-bond donors (Lipinski definition) is 0. The van der Waals surface area contributed by atoms with E-state index in [1.807, 2.05) is 35.1 Å². The van der Waals surface area contributed by atoms with Crippen LogP contribution in [0.4, 0.5) is 0 Å². The molecule has 0 radical (unpaired) electrons. The highest BCUT2D eigenvalue weighted by Crippen LogP contribution is 2.20. The third-order valence-corrected chi connectivity index (χ3v) is 4.45. The maximum Gasteiger partial charge on any atom is 0.137 e. The molecule has 2 rings (SSSR count). The molecule has 0 bridgehead atoms. The topological polar surface area (TPSA) is 17.8 Å². The highest BCUT2D eigenvalue weighted by atomic mass is 127. The lowest BCUT2D eigenvalue weighted by Gasteiger charge is -2.03. The van der Waals surface area contributed by atoms with Gasteiger partial charge in [-0.15, -0.1) is 0 Å². The fraction of sp³-hybridized carbons (Fsp3) is 0.100. The molecule has 0 aliphatic rings. The van der Waals surface area contributed by atoms with Crippen LogP contribution in [0, 0.1) is 3.70 Å². The first-order valence-electron chi connectivity index (χ1n) is 4.28. The molecule has 0 spiro atoms. The number of nitrogens with zero attached hydrogens (tertiary/aromatic N) is 2. The van der Waals surface area contributed by atoms with Gasteiger partial charge in [0.2, 0.25) is 0 Å². The predicted octanol–water partition coefficient (Wildman–Crippen LogP) is 3.95. The molecule has 0 saturated heterocycles. The zero-order chi connectivity index (χ0) is 10.8. The predicted molar refractivity (Wildman–Crippen MR) is 73.2 cm³/mol. The van der Waals surface area contributed by atoms with Gasteiger partial charge in [-0.25, -0.2) is 0 Å². The van der Waals surface area contributed by atoms with Crippen LogP contribution in [-0.4, -0.2) is 9.78 Å². The number of benzene rings is 1. The monoisotopic (exact) mass is 396 g/mol. The molecule has 0 unspecified atom stereocenters. The molecule has 78 valence electrons. The summed E-state index contributed by atoms with van der Waals surface area (Å²) >= 11 is 11.7. The minimum absolute atomic E-state index is 0.696. The van der Waals surface area contributed by atoms with Crippen molar-refractivity contribution in [2.24, 2.45) is 0 Å². The number of rotatable bonds is 2. The van der Waals surface area contributed by atoms with E-state index in [1.54, 1.807) is 0 Å². The lowest BCUT2D eigenvalue weighted by atomic mass is 10.2. The van der Waals surface area contributed by atoms with Gasteiger partial charge in [0.05, 0.1) is 11.0 Å². The van der Waals surface area contributed by atoms with E-state index in [2.05, 4.69) is 43.6 Å². The highest BCUT2D eigenvalue weighted by Gasteiger charge is 2.05. The number of halogens is 3. The van der Waals surface area contributed by atoms with Gasteiger partial charge < -0.3 is 0 Å². The Morgan fingerprint density at radius 1 is 1.40 bits per heavy atom. The molecular weight excluding hydrogens is 390 g/mol. The molecule has 2 aromatic rings. The van der Waals surface area contributed by atoms with Crippen molar-refractivity contribution in [2.75, 3.05) is 0 Å². The van der Waals surface area contributed by atoms with Gasteiger partial charge in [-0.2, -0.15) is 5.10 Å². The quantitative estimate of drug-likeness (QED) is 0.702. The third-order valence-electron chi connectivity index (χ3n) is 1.97. The molecule has 0 amide bonds. The Balaban J connectivity index is 2.26. The van der Waals surface area contributed by atoms with Gasteiger partial charge in [-0.3, -0.25) is 4.68 Å². The lowest BCUT2D eigenvalue weighted by Crippen LogP contribution is -2.00. The summed E-state index contributed by atoms with van der Waals surface area (Å²) in [5.74, 6) is 0. The highest BCUT2D eigenvalue weighted by molar-refractivity contribution is 14.1. The molecule has 5 heteroatoms. The normalized spacial score (nSPS) is 10.6. The number of hydrogen-bond acceptors (Lipinski definition) is 1. The van der Waals surface area contributed by atoms with Gasteiger partial charge in [-0.1, -0.05) is 29.8 Å². The second-order valence-corrected chi connectivity index (χ2v) is 5.34. The number of aromatic nitrogens is 2. The maximum atomic E-state index is 6.07. The van der Waals surface area contributed by atoms with Crippen molar-refractivity contribution < 1.29 is 0 Å². The van der Waals surface area contributed by atoms with Gasteiger partial charge in [0.15, 0.2) is 0 Å². The van der Waals surface area contributed by atoms with Gasteiger partial charge in [-0.05, 0) is 50.2 Å². The van der Waals surface area contributed by atoms with Crippen molar-refractivity contribution >= 4 is 50.1 Å². The van der Waals surface area contributed by atoms with Crippen LogP contribution in [0.3, 0.4) is 0 Å². The van der Waals surface area contributed by atoms with Gasteiger partial charge >= 0.3 is 0 Å². The summed E-state index contributed by atoms with van der Waals surface area (Å²) in [6.45, 7) is 0.696. The van der Waals surface area contributed by atoms with Gasteiger partial charge in [0.1, 0.15) is 3.70 Å². The van der Waals surface area contributed by atoms with Crippen molar-refractivity contribution in [3.05, 3.63) is 49.2 Å². The summed E-state index contributed by atoms with van der Waals surface area (Å²) < 4.78 is 3.84. The second kappa shape index (κ2) is 4.84. The minimum Gasteiger partial charge on any atom is -0.266 e. The lowest BCUT2D eigenvalue weighted by molar-refractivity contribution is 0.681. The van der Waals surface area contributed by atoms with E-state index >= 15 is 0 Å². The van der Waals surface area contributed by atoms with Crippen molar-refractivity contribution in [1.82, 2.24) is 9.78 Å². The zero-order valence-corrected chi connectivity index (χ0v) is 12.1. The van der Waals surface area contributed by atoms with E-state index in [-0.39, 0.29) is 0 Å². The maximum absolute atomic E-state index is 6.07. The Labute approximate surface area is 115 Å². The fourth-order valence-corrected chi connectivity index (χ4v) is 2.18. The molecule has 0 atom stereocenters. The van der Waals surface area contributed by atoms with Crippen molar-refractivity contribution in [3.63, 3.8) is 0 Å².